The number of nitrogens with one attached hydrogen (secondary N) is 2. The Morgan fingerprint density at radius 2 is 2.16 bits per heavy atom. The van der Waals surface area contributed by atoms with Gasteiger partial charge in [0.15, 0.2) is 0 Å². The highest BCUT2D eigenvalue weighted by Gasteiger charge is 2.08. The Bertz CT molecular complexity index is 422. The Labute approximate surface area is 119 Å². The van der Waals surface area contributed by atoms with Gasteiger partial charge in [-0.05, 0) is 37.5 Å². The topological polar surface area (TPSA) is 50.4 Å². The lowest BCUT2D eigenvalue weighted by Gasteiger charge is -2.13. The molecule has 1 aromatic rings. The van der Waals surface area contributed by atoms with Crippen molar-refractivity contribution < 1.29 is 9.53 Å². The van der Waals surface area contributed by atoms with E-state index in [4.69, 9.17) is 16.3 Å². The number of rotatable bonds is 6. The third kappa shape index (κ3) is 5.83. The van der Waals surface area contributed by atoms with Gasteiger partial charge in [0.25, 0.3) is 0 Å². The predicted octanol–water partition coefficient (Wildman–Crippen LogP) is 3.91. The van der Waals surface area contributed by atoms with E-state index in [1.54, 1.807) is 18.2 Å². The van der Waals surface area contributed by atoms with E-state index < -0.39 is 0 Å². The molecule has 0 bridgehead atoms. The summed E-state index contributed by atoms with van der Waals surface area (Å²) in [6.07, 6.45) is 0.946. The van der Waals surface area contributed by atoms with Gasteiger partial charge in [-0.15, -0.1) is 0 Å². The van der Waals surface area contributed by atoms with Gasteiger partial charge in [-0.2, -0.15) is 0 Å². The van der Waals surface area contributed by atoms with Crippen LogP contribution in [-0.4, -0.2) is 19.2 Å². The second kappa shape index (κ2) is 7.89. The number of amides is 2. The molecule has 0 aliphatic carbocycles. The number of carbonyl (C=O) groups is 1. The summed E-state index contributed by atoms with van der Waals surface area (Å²) in [4.78, 5) is 11.7. The van der Waals surface area contributed by atoms with Crippen LogP contribution >= 0.6 is 11.6 Å². The van der Waals surface area contributed by atoms with Crippen LogP contribution in [0, 0.1) is 5.92 Å². The summed E-state index contributed by atoms with van der Waals surface area (Å²) in [6.45, 7) is 7.30. The Balaban J connectivity index is 2.59. The molecule has 19 heavy (non-hydrogen) atoms. The minimum Gasteiger partial charge on any atom is -0.492 e. The lowest BCUT2D eigenvalue weighted by atomic mass is 10.1. The highest BCUT2D eigenvalue weighted by Crippen LogP contribution is 2.27. The van der Waals surface area contributed by atoms with Crippen LogP contribution in [0.2, 0.25) is 5.02 Å². The number of urea groups is 1. The number of hydrogen-bond donors (Lipinski definition) is 2. The molecule has 0 unspecified atom stereocenters. The van der Waals surface area contributed by atoms with E-state index in [1.807, 2.05) is 6.92 Å². The molecule has 1 aromatic carbocycles. The van der Waals surface area contributed by atoms with E-state index in [0.717, 1.165) is 6.42 Å². The molecular weight excluding hydrogens is 264 g/mol. The fraction of sp³-hybridized carbons (Fsp3) is 0.500. The molecule has 0 heterocycles. The first-order chi connectivity index (χ1) is 9.02. The summed E-state index contributed by atoms with van der Waals surface area (Å²) in [5.41, 5.74) is 0.580. The largest absolute Gasteiger partial charge is 0.492 e. The number of ether oxygens (including phenoxy) is 1. The summed E-state index contributed by atoms with van der Waals surface area (Å²) < 4.78 is 5.43. The Morgan fingerprint density at radius 1 is 1.42 bits per heavy atom. The van der Waals surface area contributed by atoms with Crippen molar-refractivity contribution in [1.82, 2.24) is 5.32 Å². The predicted molar refractivity (Wildman–Crippen MR) is 79.1 cm³/mol. The highest BCUT2D eigenvalue weighted by molar-refractivity contribution is 6.31. The van der Waals surface area contributed by atoms with Gasteiger partial charge in [0.2, 0.25) is 0 Å². The van der Waals surface area contributed by atoms with Gasteiger partial charge in [0.1, 0.15) is 5.75 Å². The van der Waals surface area contributed by atoms with Crippen molar-refractivity contribution >= 4 is 23.3 Å². The number of hydrogen-bond acceptors (Lipinski definition) is 2. The molecule has 0 aromatic heterocycles. The van der Waals surface area contributed by atoms with Crippen molar-refractivity contribution in [3.05, 3.63) is 23.2 Å². The Morgan fingerprint density at radius 3 is 2.79 bits per heavy atom. The molecule has 4 nitrogen and oxygen atoms in total. The van der Waals surface area contributed by atoms with Gasteiger partial charge in [0.05, 0.1) is 12.3 Å². The average Bonchev–Trinajstić information content (AvgIpc) is 2.32. The van der Waals surface area contributed by atoms with Crippen molar-refractivity contribution in [2.45, 2.75) is 27.2 Å². The standard InChI is InChI=1S/C14H21ClN2O2/c1-4-19-13-6-5-11(15)9-12(13)17-14(18)16-8-7-10(2)3/h5-6,9-10H,4,7-8H2,1-3H3,(H2,16,17,18). The zero-order chi connectivity index (χ0) is 14.3. The molecule has 0 saturated carbocycles. The summed E-state index contributed by atoms with van der Waals surface area (Å²) >= 11 is 5.92. The van der Waals surface area contributed by atoms with E-state index in [9.17, 15) is 4.79 Å². The summed E-state index contributed by atoms with van der Waals surface area (Å²) in [6, 6.07) is 4.90. The second-order valence-corrected chi connectivity index (χ2v) is 5.07. The van der Waals surface area contributed by atoms with Crippen molar-refractivity contribution in [3.8, 4) is 5.75 Å². The lowest BCUT2D eigenvalue weighted by molar-refractivity contribution is 0.251. The molecule has 0 aliphatic heterocycles. The fourth-order valence-electron chi connectivity index (χ4n) is 1.52. The molecule has 1 rings (SSSR count). The normalized spacial score (nSPS) is 10.4. The molecule has 0 aliphatic rings. The first-order valence-corrected chi connectivity index (χ1v) is 6.88. The lowest BCUT2D eigenvalue weighted by Crippen LogP contribution is -2.30. The SMILES string of the molecule is CCOc1ccc(Cl)cc1NC(=O)NCCC(C)C. The van der Waals surface area contributed by atoms with E-state index >= 15 is 0 Å². The Hall–Kier alpha value is -1.42. The molecule has 0 fully saturated rings. The van der Waals surface area contributed by atoms with Gasteiger partial charge >= 0.3 is 6.03 Å². The average molecular weight is 285 g/mol. The molecule has 0 radical (unpaired) electrons. The van der Waals surface area contributed by atoms with Crippen LogP contribution in [0.5, 0.6) is 5.75 Å². The number of halogens is 1. The summed E-state index contributed by atoms with van der Waals surface area (Å²) in [5.74, 6) is 1.18. The maximum Gasteiger partial charge on any atom is 0.319 e. The van der Waals surface area contributed by atoms with Crippen molar-refractivity contribution in [2.24, 2.45) is 5.92 Å². The minimum atomic E-state index is -0.246. The first kappa shape index (κ1) is 15.6. The molecule has 2 N–H and O–H groups in total. The number of benzene rings is 1. The van der Waals surface area contributed by atoms with E-state index in [-0.39, 0.29) is 6.03 Å². The molecule has 0 atom stereocenters. The highest BCUT2D eigenvalue weighted by atomic mass is 35.5. The smallest absolute Gasteiger partial charge is 0.319 e. The quantitative estimate of drug-likeness (QED) is 0.832. The zero-order valence-electron chi connectivity index (χ0n) is 11.6. The zero-order valence-corrected chi connectivity index (χ0v) is 12.4. The van der Waals surface area contributed by atoms with Crippen LogP contribution in [0.15, 0.2) is 18.2 Å². The van der Waals surface area contributed by atoms with Crippen LogP contribution in [-0.2, 0) is 0 Å². The summed E-state index contributed by atoms with van der Waals surface area (Å²) in [5, 5.41) is 6.11. The third-order valence-electron chi connectivity index (χ3n) is 2.50. The maximum absolute atomic E-state index is 11.7. The van der Waals surface area contributed by atoms with Gasteiger partial charge in [-0.1, -0.05) is 25.4 Å². The van der Waals surface area contributed by atoms with Crippen LogP contribution in [0.25, 0.3) is 0 Å². The van der Waals surface area contributed by atoms with E-state index in [1.165, 1.54) is 0 Å². The molecule has 0 saturated heterocycles. The van der Waals surface area contributed by atoms with Crippen LogP contribution in [0.1, 0.15) is 27.2 Å². The van der Waals surface area contributed by atoms with E-state index in [2.05, 4.69) is 24.5 Å². The number of carbonyl (C=O) groups excluding carboxylic acids is 1. The fourth-order valence-corrected chi connectivity index (χ4v) is 1.69. The van der Waals surface area contributed by atoms with Crippen molar-refractivity contribution in [2.75, 3.05) is 18.5 Å². The molecular formula is C14H21ClN2O2. The minimum absolute atomic E-state index is 0.246. The molecule has 2 amide bonds. The van der Waals surface area contributed by atoms with Crippen LogP contribution < -0.4 is 15.4 Å². The monoisotopic (exact) mass is 284 g/mol. The molecule has 0 spiro atoms. The van der Waals surface area contributed by atoms with Gasteiger partial charge in [-0.3, -0.25) is 0 Å². The van der Waals surface area contributed by atoms with Crippen LogP contribution in [0.3, 0.4) is 0 Å². The van der Waals surface area contributed by atoms with Crippen LogP contribution in [0.4, 0.5) is 10.5 Å². The van der Waals surface area contributed by atoms with Crippen molar-refractivity contribution in [3.63, 3.8) is 0 Å². The molecule has 5 heteroatoms. The van der Waals surface area contributed by atoms with Gasteiger partial charge in [-0.25, -0.2) is 4.79 Å². The summed E-state index contributed by atoms with van der Waals surface area (Å²) in [7, 11) is 0. The first-order valence-electron chi connectivity index (χ1n) is 6.50. The molecule has 106 valence electrons. The van der Waals surface area contributed by atoms with Gasteiger partial charge in [0, 0.05) is 11.6 Å². The number of anilines is 1. The van der Waals surface area contributed by atoms with E-state index in [0.29, 0.717) is 35.5 Å². The Kier molecular flexibility index (Phi) is 6.50. The third-order valence-corrected chi connectivity index (χ3v) is 2.73. The van der Waals surface area contributed by atoms with Gasteiger partial charge < -0.3 is 15.4 Å². The maximum atomic E-state index is 11.7. The van der Waals surface area contributed by atoms with Crippen molar-refractivity contribution in [1.29, 1.82) is 0 Å². The second-order valence-electron chi connectivity index (χ2n) is 4.64.